The molecule has 2 amide bonds. The first-order valence-electron chi connectivity index (χ1n) is 6.50. The predicted molar refractivity (Wildman–Crippen MR) is 82.1 cm³/mol. The summed E-state index contributed by atoms with van der Waals surface area (Å²) >= 11 is 12.8. The summed E-state index contributed by atoms with van der Waals surface area (Å²) in [6, 6.07) is 1.48. The SMILES string of the molecule is CCCN1CCN(CC(=O)c2cc(Cl)sc2Cl)C(=O)C1=O. The van der Waals surface area contributed by atoms with Crippen molar-refractivity contribution in [3.05, 3.63) is 20.3 Å². The summed E-state index contributed by atoms with van der Waals surface area (Å²) in [7, 11) is 0. The van der Waals surface area contributed by atoms with Crippen LogP contribution in [0.1, 0.15) is 23.7 Å². The lowest BCUT2D eigenvalue weighted by Crippen LogP contribution is -2.55. The molecule has 0 spiro atoms. The van der Waals surface area contributed by atoms with Crippen molar-refractivity contribution in [2.75, 3.05) is 26.2 Å². The number of thiophene rings is 1. The van der Waals surface area contributed by atoms with Crippen molar-refractivity contribution in [3.8, 4) is 0 Å². The van der Waals surface area contributed by atoms with Crippen LogP contribution in [0.15, 0.2) is 6.07 Å². The first kappa shape index (κ1) is 16.3. The molecule has 1 saturated heterocycles. The van der Waals surface area contributed by atoms with Crippen LogP contribution in [0.2, 0.25) is 8.67 Å². The van der Waals surface area contributed by atoms with Gasteiger partial charge in [-0.15, -0.1) is 11.3 Å². The third kappa shape index (κ3) is 3.56. The lowest BCUT2D eigenvalue weighted by atomic mass is 10.2. The van der Waals surface area contributed by atoms with E-state index in [1.54, 1.807) is 0 Å². The quantitative estimate of drug-likeness (QED) is 0.606. The molecular formula is C13H14Cl2N2O3S. The van der Waals surface area contributed by atoms with Crippen molar-refractivity contribution in [3.63, 3.8) is 0 Å². The van der Waals surface area contributed by atoms with E-state index in [0.29, 0.717) is 33.9 Å². The molecular weight excluding hydrogens is 335 g/mol. The molecule has 1 fully saturated rings. The van der Waals surface area contributed by atoms with Crippen LogP contribution in [0, 0.1) is 0 Å². The van der Waals surface area contributed by atoms with Crippen molar-refractivity contribution in [2.24, 2.45) is 0 Å². The van der Waals surface area contributed by atoms with Gasteiger partial charge in [0, 0.05) is 19.6 Å². The Morgan fingerprint density at radius 1 is 1.24 bits per heavy atom. The van der Waals surface area contributed by atoms with Crippen LogP contribution in [0.3, 0.4) is 0 Å². The molecule has 0 atom stereocenters. The van der Waals surface area contributed by atoms with Crippen LogP contribution in [0.5, 0.6) is 0 Å². The van der Waals surface area contributed by atoms with Gasteiger partial charge in [0.15, 0.2) is 5.78 Å². The summed E-state index contributed by atoms with van der Waals surface area (Å²) < 4.78 is 0.715. The van der Waals surface area contributed by atoms with Gasteiger partial charge in [0.1, 0.15) is 4.34 Å². The van der Waals surface area contributed by atoms with Gasteiger partial charge in [0.05, 0.1) is 16.4 Å². The molecule has 2 heterocycles. The molecule has 0 saturated carbocycles. The Morgan fingerprint density at radius 2 is 1.86 bits per heavy atom. The zero-order valence-electron chi connectivity index (χ0n) is 11.4. The second-order valence-electron chi connectivity index (χ2n) is 4.68. The standard InChI is InChI=1S/C13H14Cl2N2O3S/c1-2-3-16-4-5-17(13(20)12(16)19)7-9(18)8-6-10(14)21-11(8)15/h6H,2-5,7H2,1H3. The van der Waals surface area contributed by atoms with E-state index in [0.717, 1.165) is 17.8 Å². The van der Waals surface area contributed by atoms with E-state index < -0.39 is 11.8 Å². The summed E-state index contributed by atoms with van der Waals surface area (Å²) in [5.74, 6) is -1.50. The maximum atomic E-state index is 12.2. The van der Waals surface area contributed by atoms with Gasteiger partial charge in [-0.25, -0.2) is 0 Å². The summed E-state index contributed by atoms with van der Waals surface area (Å²) in [6.07, 6.45) is 0.793. The zero-order valence-corrected chi connectivity index (χ0v) is 13.7. The maximum absolute atomic E-state index is 12.2. The van der Waals surface area contributed by atoms with Crippen LogP contribution < -0.4 is 0 Å². The van der Waals surface area contributed by atoms with Crippen molar-refractivity contribution < 1.29 is 14.4 Å². The molecule has 0 bridgehead atoms. The maximum Gasteiger partial charge on any atom is 0.312 e. The molecule has 1 aliphatic heterocycles. The Balaban J connectivity index is 2.04. The second kappa shape index (κ2) is 6.77. The number of piperazine rings is 1. The van der Waals surface area contributed by atoms with E-state index in [4.69, 9.17) is 23.2 Å². The number of Topliss-reactive ketones (excluding diaryl/α,β-unsaturated/α-hetero) is 1. The largest absolute Gasteiger partial charge is 0.333 e. The van der Waals surface area contributed by atoms with Gasteiger partial charge >= 0.3 is 11.8 Å². The highest BCUT2D eigenvalue weighted by atomic mass is 35.5. The lowest BCUT2D eigenvalue weighted by molar-refractivity contribution is -0.155. The average molecular weight is 349 g/mol. The predicted octanol–water partition coefficient (Wildman–Crippen LogP) is 2.32. The zero-order chi connectivity index (χ0) is 15.6. The van der Waals surface area contributed by atoms with Crippen molar-refractivity contribution in [1.82, 2.24) is 9.80 Å². The van der Waals surface area contributed by atoms with E-state index in [-0.39, 0.29) is 12.3 Å². The van der Waals surface area contributed by atoms with E-state index in [1.165, 1.54) is 15.9 Å². The molecule has 1 aromatic rings. The minimum Gasteiger partial charge on any atom is -0.333 e. The molecule has 21 heavy (non-hydrogen) atoms. The van der Waals surface area contributed by atoms with Gasteiger partial charge in [-0.2, -0.15) is 0 Å². The topological polar surface area (TPSA) is 57.7 Å². The molecule has 2 rings (SSSR count). The number of ketones is 1. The molecule has 114 valence electrons. The summed E-state index contributed by atoms with van der Waals surface area (Å²) in [5.41, 5.74) is 0.294. The second-order valence-corrected chi connectivity index (χ2v) is 6.97. The molecule has 1 aromatic heterocycles. The summed E-state index contributed by atoms with van der Waals surface area (Å²) in [6.45, 7) is 3.14. The first-order valence-corrected chi connectivity index (χ1v) is 8.07. The fourth-order valence-electron chi connectivity index (χ4n) is 2.14. The number of nitrogens with zero attached hydrogens (tertiary/aromatic N) is 2. The third-order valence-electron chi connectivity index (χ3n) is 3.18. The van der Waals surface area contributed by atoms with Gasteiger partial charge < -0.3 is 9.80 Å². The number of halogens is 2. The smallest absolute Gasteiger partial charge is 0.312 e. The third-order valence-corrected chi connectivity index (χ3v) is 4.67. The normalized spacial score (nSPS) is 15.8. The van der Waals surface area contributed by atoms with Gasteiger partial charge in [-0.3, -0.25) is 14.4 Å². The van der Waals surface area contributed by atoms with Crippen molar-refractivity contribution in [1.29, 1.82) is 0 Å². The van der Waals surface area contributed by atoms with E-state index in [1.807, 2.05) is 6.92 Å². The lowest BCUT2D eigenvalue weighted by Gasteiger charge is -2.33. The number of hydrogen-bond donors (Lipinski definition) is 0. The van der Waals surface area contributed by atoms with E-state index in [2.05, 4.69) is 0 Å². The summed E-state index contributed by atoms with van der Waals surface area (Å²) in [5, 5.41) is 0. The molecule has 0 unspecified atom stereocenters. The first-order chi connectivity index (χ1) is 9.93. The number of carbonyl (C=O) groups is 3. The minimum absolute atomic E-state index is 0.155. The number of hydrogen-bond acceptors (Lipinski definition) is 4. The monoisotopic (exact) mass is 348 g/mol. The molecule has 1 aliphatic rings. The molecule has 0 aliphatic carbocycles. The van der Waals surface area contributed by atoms with Crippen molar-refractivity contribution in [2.45, 2.75) is 13.3 Å². The molecule has 0 radical (unpaired) electrons. The van der Waals surface area contributed by atoms with E-state index in [9.17, 15) is 14.4 Å². The van der Waals surface area contributed by atoms with Gasteiger partial charge in [0.25, 0.3) is 0 Å². The number of rotatable bonds is 5. The van der Waals surface area contributed by atoms with Crippen molar-refractivity contribution >= 4 is 52.1 Å². The summed E-state index contributed by atoms with van der Waals surface area (Å²) in [4.78, 5) is 38.8. The van der Waals surface area contributed by atoms with Crippen LogP contribution in [0.4, 0.5) is 0 Å². The van der Waals surface area contributed by atoms with Gasteiger partial charge in [-0.1, -0.05) is 30.1 Å². The highest BCUT2D eigenvalue weighted by molar-refractivity contribution is 7.20. The van der Waals surface area contributed by atoms with E-state index >= 15 is 0 Å². The Labute approximate surface area is 136 Å². The number of carbonyl (C=O) groups excluding carboxylic acids is 3. The Morgan fingerprint density at radius 3 is 2.43 bits per heavy atom. The molecule has 0 aromatic carbocycles. The fourth-order valence-corrected chi connectivity index (χ4v) is 3.64. The Hall–Kier alpha value is -1.11. The minimum atomic E-state index is -0.638. The van der Waals surface area contributed by atoms with Gasteiger partial charge in [0.2, 0.25) is 0 Å². The molecule has 8 heteroatoms. The van der Waals surface area contributed by atoms with Crippen LogP contribution >= 0.6 is 34.5 Å². The fraction of sp³-hybridized carbons (Fsp3) is 0.462. The highest BCUT2D eigenvalue weighted by Gasteiger charge is 2.33. The Bertz CT molecular complexity index is 588. The Kier molecular flexibility index (Phi) is 5.24. The number of amides is 2. The highest BCUT2D eigenvalue weighted by Crippen LogP contribution is 2.31. The average Bonchev–Trinajstić information content (AvgIpc) is 2.77. The van der Waals surface area contributed by atoms with Crippen LogP contribution in [0.25, 0.3) is 0 Å². The van der Waals surface area contributed by atoms with Crippen LogP contribution in [-0.2, 0) is 9.59 Å². The van der Waals surface area contributed by atoms with Gasteiger partial charge in [-0.05, 0) is 12.5 Å². The van der Waals surface area contributed by atoms with Crippen LogP contribution in [-0.4, -0.2) is 53.6 Å². The molecule has 5 nitrogen and oxygen atoms in total. The molecule has 0 N–H and O–H groups in total.